The minimum atomic E-state index is -4.29. The third-order valence-electron chi connectivity index (χ3n) is 2.84. The van der Waals surface area contributed by atoms with Crippen LogP contribution in [0.15, 0.2) is 18.2 Å². The van der Waals surface area contributed by atoms with Crippen molar-refractivity contribution in [1.29, 1.82) is 0 Å². The third-order valence-corrected chi connectivity index (χ3v) is 2.84. The summed E-state index contributed by atoms with van der Waals surface area (Å²) in [4.78, 5) is 0. The minimum Gasteiger partial charge on any atom is -0.490 e. The first-order valence-electron chi connectivity index (χ1n) is 5.74. The smallest absolute Gasteiger partial charge is 0.326 e. The second kappa shape index (κ2) is 5.24. The van der Waals surface area contributed by atoms with E-state index in [9.17, 15) is 17.6 Å². The maximum absolute atomic E-state index is 13.2. The maximum Gasteiger partial charge on any atom is 0.326 e. The molecule has 1 aliphatic rings. The van der Waals surface area contributed by atoms with E-state index >= 15 is 0 Å². The van der Waals surface area contributed by atoms with Gasteiger partial charge in [0.25, 0.3) is 0 Å². The largest absolute Gasteiger partial charge is 0.490 e. The van der Waals surface area contributed by atoms with Crippen LogP contribution in [0.25, 0.3) is 0 Å². The molecular formula is C12H13F4NO2. The van der Waals surface area contributed by atoms with Crippen molar-refractivity contribution >= 4 is 0 Å². The Bertz CT molecular complexity index is 453. The lowest BCUT2D eigenvalue weighted by atomic mass is 10.0. The highest BCUT2D eigenvalue weighted by molar-refractivity contribution is 5.44. The van der Waals surface area contributed by atoms with Crippen LogP contribution >= 0.6 is 0 Å². The highest BCUT2D eigenvalue weighted by Gasteiger charge is 2.47. The first kappa shape index (κ1) is 13.9. The number of fused-ring (bicyclic) bond motifs is 1. The summed E-state index contributed by atoms with van der Waals surface area (Å²) in [6.07, 6.45) is -3.16. The molecule has 1 unspecified atom stereocenters. The lowest BCUT2D eigenvalue weighted by Gasteiger charge is -2.23. The summed E-state index contributed by atoms with van der Waals surface area (Å²) in [5, 5.41) is 0. The van der Waals surface area contributed by atoms with Gasteiger partial charge in [0.15, 0.2) is 11.5 Å². The number of benzene rings is 1. The van der Waals surface area contributed by atoms with Crippen LogP contribution in [0.2, 0.25) is 0 Å². The molecule has 7 heteroatoms. The Kier molecular flexibility index (Phi) is 3.84. The SMILES string of the molecule is NC(c1ccc2c(c1)OCCCO2)C(F)(F)C(F)F. The highest BCUT2D eigenvalue weighted by Crippen LogP contribution is 2.38. The Balaban J connectivity index is 2.29. The van der Waals surface area contributed by atoms with Crippen molar-refractivity contribution in [2.24, 2.45) is 5.73 Å². The van der Waals surface area contributed by atoms with E-state index in [-0.39, 0.29) is 11.3 Å². The number of hydrogen-bond acceptors (Lipinski definition) is 3. The summed E-state index contributed by atoms with van der Waals surface area (Å²) in [6, 6.07) is 1.78. The Morgan fingerprint density at radius 1 is 1.11 bits per heavy atom. The maximum atomic E-state index is 13.2. The van der Waals surface area contributed by atoms with Crippen molar-refractivity contribution in [3.63, 3.8) is 0 Å². The average molecular weight is 279 g/mol. The van der Waals surface area contributed by atoms with E-state index in [2.05, 4.69) is 0 Å². The molecule has 0 amide bonds. The van der Waals surface area contributed by atoms with Crippen molar-refractivity contribution in [3.05, 3.63) is 23.8 Å². The molecule has 0 fully saturated rings. The second-order valence-electron chi connectivity index (χ2n) is 4.21. The molecule has 0 radical (unpaired) electrons. The van der Waals surface area contributed by atoms with E-state index in [0.29, 0.717) is 25.4 Å². The Morgan fingerprint density at radius 3 is 2.37 bits per heavy atom. The van der Waals surface area contributed by atoms with Crippen LogP contribution in [0.3, 0.4) is 0 Å². The van der Waals surface area contributed by atoms with E-state index in [1.54, 1.807) is 0 Å². The fraction of sp³-hybridized carbons (Fsp3) is 0.500. The molecule has 0 aliphatic carbocycles. The van der Waals surface area contributed by atoms with Crippen LogP contribution in [0.1, 0.15) is 18.0 Å². The van der Waals surface area contributed by atoms with Gasteiger partial charge in [0.2, 0.25) is 0 Å². The lowest BCUT2D eigenvalue weighted by Crippen LogP contribution is -2.39. The van der Waals surface area contributed by atoms with E-state index in [4.69, 9.17) is 15.2 Å². The highest BCUT2D eigenvalue weighted by atomic mass is 19.3. The van der Waals surface area contributed by atoms with Gasteiger partial charge in [-0.2, -0.15) is 8.78 Å². The van der Waals surface area contributed by atoms with Crippen LogP contribution in [0.5, 0.6) is 11.5 Å². The molecule has 3 nitrogen and oxygen atoms in total. The predicted molar refractivity (Wildman–Crippen MR) is 59.9 cm³/mol. The van der Waals surface area contributed by atoms with Gasteiger partial charge in [-0.25, -0.2) is 8.78 Å². The molecule has 0 saturated carbocycles. The van der Waals surface area contributed by atoms with Crippen molar-refractivity contribution in [2.75, 3.05) is 13.2 Å². The molecule has 0 aromatic heterocycles. The van der Waals surface area contributed by atoms with Gasteiger partial charge in [0.1, 0.15) is 6.04 Å². The van der Waals surface area contributed by atoms with Gasteiger partial charge < -0.3 is 15.2 Å². The first-order valence-corrected chi connectivity index (χ1v) is 5.74. The minimum absolute atomic E-state index is 0.116. The zero-order valence-electron chi connectivity index (χ0n) is 9.91. The molecule has 2 N–H and O–H groups in total. The molecule has 1 aliphatic heterocycles. The van der Waals surface area contributed by atoms with Crippen molar-refractivity contribution < 1.29 is 27.0 Å². The number of nitrogens with two attached hydrogens (primary N) is 1. The number of halogens is 4. The van der Waals surface area contributed by atoms with Gasteiger partial charge in [-0.15, -0.1) is 0 Å². The van der Waals surface area contributed by atoms with Crippen molar-refractivity contribution in [1.82, 2.24) is 0 Å². The lowest BCUT2D eigenvalue weighted by molar-refractivity contribution is -0.144. The molecule has 0 spiro atoms. The van der Waals surface area contributed by atoms with Gasteiger partial charge in [-0.1, -0.05) is 6.07 Å². The summed E-state index contributed by atoms with van der Waals surface area (Å²) in [5.41, 5.74) is 5.10. The third kappa shape index (κ3) is 2.75. The fourth-order valence-corrected chi connectivity index (χ4v) is 1.73. The standard InChI is InChI=1S/C12H13F4NO2/c13-11(14)12(15,16)10(17)7-2-3-8-9(6-7)19-5-1-4-18-8/h2-3,6,10-11H,1,4-5,17H2. The predicted octanol–water partition coefficient (Wildman–Crippen LogP) is 2.75. The summed E-state index contributed by atoms with van der Waals surface area (Å²) < 4.78 is 61.5. The average Bonchev–Trinajstić information content (AvgIpc) is 2.61. The number of rotatable bonds is 3. The van der Waals surface area contributed by atoms with Crippen LogP contribution < -0.4 is 15.2 Å². The molecule has 1 heterocycles. The van der Waals surface area contributed by atoms with Crippen molar-refractivity contribution in [2.45, 2.75) is 24.8 Å². The second-order valence-corrected chi connectivity index (χ2v) is 4.21. The topological polar surface area (TPSA) is 44.5 Å². The molecule has 1 aromatic carbocycles. The van der Waals surface area contributed by atoms with Crippen molar-refractivity contribution in [3.8, 4) is 11.5 Å². The summed E-state index contributed by atoms with van der Waals surface area (Å²) >= 11 is 0. The van der Waals surface area contributed by atoms with Gasteiger partial charge in [0.05, 0.1) is 13.2 Å². The summed E-state index contributed by atoms with van der Waals surface area (Å²) in [7, 11) is 0. The van der Waals surface area contributed by atoms with E-state index in [0.717, 1.165) is 0 Å². The number of alkyl halides is 4. The quantitative estimate of drug-likeness (QED) is 0.865. The van der Waals surface area contributed by atoms with E-state index in [1.165, 1.54) is 18.2 Å². The first-order chi connectivity index (χ1) is 8.93. The van der Waals surface area contributed by atoms with E-state index in [1.807, 2.05) is 0 Å². The normalized spacial score (nSPS) is 17.2. The summed E-state index contributed by atoms with van der Waals surface area (Å²) in [6.45, 7) is 0.822. The Hall–Kier alpha value is -1.50. The molecule has 1 atom stereocenters. The van der Waals surface area contributed by atoms with Gasteiger partial charge in [0, 0.05) is 6.42 Å². The molecule has 106 valence electrons. The fourth-order valence-electron chi connectivity index (χ4n) is 1.73. The number of ether oxygens (including phenoxy) is 2. The van der Waals surface area contributed by atoms with Gasteiger partial charge in [-0.05, 0) is 17.7 Å². The van der Waals surface area contributed by atoms with Gasteiger partial charge >= 0.3 is 12.3 Å². The number of hydrogen-bond donors (Lipinski definition) is 1. The van der Waals surface area contributed by atoms with Gasteiger partial charge in [-0.3, -0.25) is 0 Å². The zero-order valence-corrected chi connectivity index (χ0v) is 9.91. The van der Waals surface area contributed by atoms with E-state index < -0.39 is 18.4 Å². The molecule has 0 saturated heterocycles. The molecule has 2 rings (SSSR count). The zero-order chi connectivity index (χ0) is 14.0. The molecule has 1 aromatic rings. The molecule has 19 heavy (non-hydrogen) atoms. The Labute approximate surface area is 107 Å². The summed E-state index contributed by atoms with van der Waals surface area (Å²) in [5.74, 6) is -3.65. The van der Waals surface area contributed by atoms with Crippen LogP contribution in [0.4, 0.5) is 17.6 Å². The Morgan fingerprint density at radius 2 is 1.74 bits per heavy atom. The van der Waals surface area contributed by atoms with Crippen LogP contribution in [-0.2, 0) is 0 Å². The monoisotopic (exact) mass is 279 g/mol. The molecule has 0 bridgehead atoms. The molecular weight excluding hydrogens is 266 g/mol. The van der Waals surface area contributed by atoms with Crippen LogP contribution in [0, 0.1) is 0 Å². The van der Waals surface area contributed by atoms with Crippen LogP contribution in [-0.4, -0.2) is 25.6 Å².